The predicted octanol–water partition coefficient (Wildman–Crippen LogP) is 3.69. The third-order valence-electron chi connectivity index (χ3n) is 2.94. The van der Waals surface area contributed by atoms with Crippen molar-refractivity contribution in [2.75, 3.05) is 16.9 Å². The monoisotopic (exact) mass is 308 g/mol. The Morgan fingerprint density at radius 3 is 2.70 bits per heavy atom. The lowest BCUT2D eigenvalue weighted by Crippen LogP contribution is -2.08. The zero-order chi connectivity index (χ0) is 14.7. The highest BCUT2D eigenvalue weighted by molar-refractivity contribution is 7.99. The van der Waals surface area contributed by atoms with Gasteiger partial charge in [-0.1, -0.05) is 18.5 Å². The van der Waals surface area contributed by atoms with E-state index in [4.69, 9.17) is 23.2 Å². The summed E-state index contributed by atoms with van der Waals surface area (Å²) in [6.45, 7) is 4.03. The normalized spacial score (nSPS) is 10.6. The van der Waals surface area contributed by atoms with Crippen molar-refractivity contribution in [3.8, 4) is 11.1 Å². The molecule has 1 aromatic heterocycles. The Morgan fingerprint density at radius 2 is 2.05 bits per heavy atom. The molecule has 0 unspecified atom stereocenters. The number of benzene rings is 1. The van der Waals surface area contributed by atoms with Gasteiger partial charge in [0, 0.05) is 28.7 Å². The van der Waals surface area contributed by atoms with E-state index in [2.05, 4.69) is 17.3 Å². The fourth-order valence-electron chi connectivity index (χ4n) is 1.98. The van der Waals surface area contributed by atoms with Crippen molar-refractivity contribution in [3.05, 3.63) is 35.0 Å². The average molecular weight is 309 g/mol. The first kappa shape index (κ1) is 15.0. The maximum Gasteiger partial charge on any atom is 0.104 e. The lowest BCUT2D eigenvalue weighted by Gasteiger charge is -2.14. The molecule has 0 atom stereocenters. The number of anilines is 2. The summed E-state index contributed by atoms with van der Waals surface area (Å²) in [5, 5.41) is 1.50. The molecule has 4 nitrogen and oxygen atoms in total. The van der Waals surface area contributed by atoms with Crippen molar-refractivity contribution >= 4 is 34.7 Å². The highest BCUT2D eigenvalue weighted by atomic mass is 35.5. The van der Waals surface area contributed by atoms with E-state index in [1.807, 2.05) is 25.1 Å². The van der Waals surface area contributed by atoms with Gasteiger partial charge in [-0.2, -0.15) is 0 Å². The summed E-state index contributed by atoms with van der Waals surface area (Å²) in [4.78, 5) is 4.39. The zero-order valence-corrected chi connectivity index (χ0v) is 13.0. The topological polar surface area (TPSA) is 77.0 Å². The van der Waals surface area contributed by atoms with Gasteiger partial charge in [0.15, 0.2) is 0 Å². The molecular formula is C14H17ClN4S. The summed E-state index contributed by atoms with van der Waals surface area (Å²) in [5.74, 6) is 6.43. The molecule has 1 heterocycles. The summed E-state index contributed by atoms with van der Waals surface area (Å²) in [7, 11) is 0. The Bertz CT molecular complexity index is 631. The minimum absolute atomic E-state index is 0.587. The summed E-state index contributed by atoms with van der Waals surface area (Å²) in [6.07, 6.45) is 1.65. The summed E-state index contributed by atoms with van der Waals surface area (Å²) < 4.78 is 0. The maximum absolute atomic E-state index is 6.20. The number of nitrogens with one attached hydrogen (secondary N) is 1. The summed E-state index contributed by atoms with van der Waals surface area (Å²) in [6, 6.07) is 5.71. The number of rotatable bonds is 4. The first-order valence-electron chi connectivity index (χ1n) is 6.22. The van der Waals surface area contributed by atoms with Gasteiger partial charge in [0.2, 0.25) is 0 Å². The molecule has 0 saturated heterocycles. The number of pyridine rings is 1. The fraction of sp³-hybridized carbons (Fsp3) is 0.214. The first-order valence-corrected chi connectivity index (χ1v) is 7.58. The Morgan fingerprint density at radius 1 is 1.30 bits per heavy atom. The molecule has 0 amide bonds. The number of hydrogen-bond acceptors (Lipinski definition) is 5. The van der Waals surface area contributed by atoms with Gasteiger partial charge in [-0.05, 0) is 36.4 Å². The van der Waals surface area contributed by atoms with E-state index in [1.165, 1.54) is 0 Å². The smallest absolute Gasteiger partial charge is 0.104 e. The number of aromatic nitrogens is 1. The predicted molar refractivity (Wildman–Crippen MR) is 88.0 cm³/mol. The second-order valence-electron chi connectivity index (χ2n) is 4.34. The molecule has 2 aromatic rings. The molecule has 0 fully saturated rings. The number of nitrogens with zero attached hydrogens (tertiary/aromatic N) is 1. The Hall–Kier alpha value is -1.43. The molecule has 0 radical (unpaired) electrons. The Labute approximate surface area is 127 Å². The van der Waals surface area contributed by atoms with E-state index < -0.39 is 0 Å². The molecule has 0 spiro atoms. The number of nitrogen functional groups attached to an aromatic ring is 2. The average Bonchev–Trinajstić information content (AvgIpc) is 2.44. The highest BCUT2D eigenvalue weighted by Crippen LogP contribution is 2.37. The van der Waals surface area contributed by atoms with Crippen LogP contribution in [0.2, 0.25) is 5.02 Å². The number of thioether (sulfide) groups is 1. The van der Waals surface area contributed by atoms with E-state index in [-0.39, 0.29) is 0 Å². The minimum atomic E-state index is 0.587. The van der Waals surface area contributed by atoms with Gasteiger partial charge in [-0.25, -0.2) is 4.98 Å². The van der Waals surface area contributed by atoms with Crippen molar-refractivity contribution in [1.29, 1.82) is 0 Å². The molecule has 1 aromatic carbocycles. The van der Waals surface area contributed by atoms with Crippen molar-refractivity contribution in [1.82, 2.24) is 4.98 Å². The van der Waals surface area contributed by atoms with Crippen LogP contribution in [0.5, 0.6) is 0 Å². The molecule has 20 heavy (non-hydrogen) atoms. The van der Waals surface area contributed by atoms with E-state index in [1.54, 1.807) is 18.0 Å². The van der Waals surface area contributed by atoms with Crippen LogP contribution in [0.25, 0.3) is 11.1 Å². The molecule has 0 bridgehead atoms. The third-order valence-corrected chi connectivity index (χ3v) is 4.04. The van der Waals surface area contributed by atoms with Crippen LogP contribution in [0.1, 0.15) is 12.5 Å². The molecule has 106 valence electrons. The van der Waals surface area contributed by atoms with Gasteiger partial charge in [0.25, 0.3) is 0 Å². The lowest BCUT2D eigenvalue weighted by molar-refractivity contribution is 1.14. The third kappa shape index (κ3) is 3.00. The number of aryl methyl sites for hydroxylation is 1. The van der Waals surface area contributed by atoms with E-state index >= 15 is 0 Å². The lowest BCUT2D eigenvalue weighted by atomic mass is 10.0. The van der Waals surface area contributed by atoms with E-state index in [0.717, 1.165) is 33.2 Å². The van der Waals surface area contributed by atoms with Crippen molar-refractivity contribution in [2.45, 2.75) is 18.9 Å². The first-order chi connectivity index (χ1) is 9.56. The van der Waals surface area contributed by atoms with Crippen molar-refractivity contribution in [3.63, 3.8) is 0 Å². The molecule has 0 aliphatic rings. The second kappa shape index (κ2) is 6.35. The van der Waals surface area contributed by atoms with E-state index in [9.17, 15) is 0 Å². The van der Waals surface area contributed by atoms with Gasteiger partial charge in [0.1, 0.15) is 5.03 Å². The highest BCUT2D eigenvalue weighted by Gasteiger charge is 2.13. The van der Waals surface area contributed by atoms with Gasteiger partial charge in [-0.15, -0.1) is 11.8 Å². The Balaban J connectivity index is 2.66. The summed E-state index contributed by atoms with van der Waals surface area (Å²) in [5.41, 5.74) is 13.2. The summed E-state index contributed by atoms with van der Waals surface area (Å²) >= 11 is 7.74. The minimum Gasteiger partial charge on any atom is -0.398 e. The van der Waals surface area contributed by atoms with Crippen LogP contribution in [-0.2, 0) is 0 Å². The molecule has 2 rings (SSSR count). The van der Waals surface area contributed by atoms with Crippen molar-refractivity contribution in [2.24, 2.45) is 5.84 Å². The number of hydrogen-bond donors (Lipinski definition) is 3. The van der Waals surface area contributed by atoms with Crippen LogP contribution < -0.4 is 17.0 Å². The molecule has 0 aliphatic carbocycles. The van der Waals surface area contributed by atoms with Crippen LogP contribution in [0.3, 0.4) is 0 Å². The molecule has 5 N–H and O–H groups in total. The molecule has 0 aliphatic heterocycles. The second-order valence-corrected chi connectivity index (χ2v) is 6.03. The van der Waals surface area contributed by atoms with Crippen molar-refractivity contribution < 1.29 is 0 Å². The van der Waals surface area contributed by atoms with Crippen LogP contribution >= 0.6 is 23.4 Å². The quantitative estimate of drug-likeness (QED) is 0.347. The number of nitrogens with two attached hydrogens (primary N) is 2. The van der Waals surface area contributed by atoms with Gasteiger partial charge >= 0.3 is 0 Å². The molecular weight excluding hydrogens is 292 g/mol. The number of halogens is 1. The maximum atomic E-state index is 6.20. The SMILES string of the molecule is CCSc1ncc(Cl)cc1-c1cc(NN)cc(C)c1N. The zero-order valence-electron chi connectivity index (χ0n) is 11.4. The van der Waals surface area contributed by atoms with Gasteiger partial charge in [-0.3, -0.25) is 5.84 Å². The van der Waals surface area contributed by atoms with Crippen LogP contribution in [0, 0.1) is 6.92 Å². The molecule has 6 heteroatoms. The van der Waals surface area contributed by atoms with E-state index in [0.29, 0.717) is 10.7 Å². The van der Waals surface area contributed by atoms with Crippen LogP contribution in [0.4, 0.5) is 11.4 Å². The molecule has 0 saturated carbocycles. The van der Waals surface area contributed by atoms with Gasteiger partial charge in [0.05, 0.1) is 5.02 Å². The van der Waals surface area contributed by atoms with Gasteiger partial charge < -0.3 is 11.2 Å². The van der Waals surface area contributed by atoms with Crippen LogP contribution in [-0.4, -0.2) is 10.7 Å². The standard InChI is InChI=1S/C14H17ClN4S/c1-3-20-14-12(5-9(15)7-18-14)11-6-10(19-17)4-8(2)13(11)16/h4-7,19H,3,16-17H2,1-2H3. The Kier molecular flexibility index (Phi) is 4.75. The number of hydrazine groups is 1. The fourth-order valence-corrected chi connectivity index (χ4v) is 2.86. The van der Waals surface area contributed by atoms with Crippen LogP contribution in [0.15, 0.2) is 29.4 Å². The largest absolute Gasteiger partial charge is 0.398 e.